The van der Waals surface area contributed by atoms with Crippen molar-refractivity contribution < 1.29 is 9.72 Å². The van der Waals surface area contributed by atoms with Crippen molar-refractivity contribution in [2.75, 3.05) is 0 Å². The van der Waals surface area contributed by atoms with E-state index < -0.39 is 15.6 Å². The van der Waals surface area contributed by atoms with E-state index >= 15 is 0 Å². The summed E-state index contributed by atoms with van der Waals surface area (Å²) in [7, 11) is 0. The first-order chi connectivity index (χ1) is 13.2. The van der Waals surface area contributed by atoms with Crippen LogP contribution in [0.2, 0.25) is 10.0 Å². The number of nitro groups is 1. The van der Waals surface area contributed by atoms with Gasteiger partial charge in [-0.05, 0) is 12.5 Å². The van der Waals surface area contributed by atoms with Gasteiger partial charge in [-0.1, -0.05) is 95.0 Å². The van der Waals surface area contributed by atoms with Gasteiger partial charge < -0.3 is 0 Å². The van der Waals surface area contributed by atoms with Crippen LogP contribution in [0.3, 0.4) is 0 Å². The van der Waals surface area contributed by atoms with E-state index in [1.807, 2.05) is 13.0 Å². The van der Waals surface area contributed by atoms with Gasteiger partial charge in [-0.15, -0.1) is 0 Å². The van der Waals surface area contributed by atoms with Crippen molar-refractivity contribution >= 4 is 46.3 Å². The summed E-state index contributed by atoms with van der Waals surface area (Å²) in [5, 5.41) is 11.0. The molecular weight excluding hydrogens is 421 g/mol. The van der Waals surface area contributed by atoms with E-state index in [1.54, 1.807) is 48.5 Å². The number of halogens is 3. The van der Waals surface area contributed by atoms with Crippen molar-refractivity contribution in [2.24, 2.45) is 0 Å². The maximum Gasteiger partial charge on any atom is 0.272 e. The Morgan fingerprint density at radius 1 is 0.964 bits per heavy atom. The molecule has 1 atom stereocenters. The number of hydrogen-bond donors (Lipinski definition) is 0. The second-order valence-corrected chi connectivity index (χ2v) is 7.65. The quantitative estimate of drug-likeness (QED) is 0.197. The molecule has 0 aliphatic heterocycles. The summed E-state index contributed by atoms with van der Waals surface area (Å²) in [5.74, 6) is -0.432. The molecule has 0 spiro atoms. The van der Waals surface area contributed by atoms with Crippen LogP contribution in [0.25, 0.3) is 0 Å². The maximum atomic E-state index is 13.5. The van der Waals surface area contributed by atoms with E-state index in [-0.39, 0.29) is 21.3 Å². The fourth-order valence-corrected chi connectivity index (χ4v) is 4.32. The second-order valence-electron chi connectivity index (χ2n) is 6.26. The van der Waals surface area contributed by atoms with Crippen molar-refractivity contribution in [3.05, 3.63) is 109 Å². The van der Waals surface area contributed by atoms with Crippen LogP contribution >= 0.6 is 34.8 Å². The van der Waals surface area contributed by atoms with Gasteiger partial charge in [-0.3, -0.25) is 14.9 Å². The number of Topliss-reactive ketones (excluding diaryl/α,β-unsaturated/α-hetero) is 1. The molecule has 0 saturated carbocycles. The summed E-state index contributed by atoms with van der Waals surface area (Å²) >= 11 is 19.7. The number of nitrogens with zero attached hydrogens (tertiary/aromatic N) is 1. The zero-order valence-corrected chi connectivity index (χ0v) is 16.9. The summed E-state index contributed by atoms with van der Waals surface area (Å²) < 4.78 is 0. The molecule has 3 aromatic carbocycles. The summed E-state index contributed by atoms with van der Waals surface area (Å²) in [6.45, 7) is 1.87. The van der Waals surface area contributed by atoms with Crippen molar-refractivity contribution in [3.8, 4) is 0 Å². The van der Waals surface area contributed by atoms with Crippen molar-refractivity contribution in [1.29, 1.82) is 0 Å². The highest BCUT2D eigenvalue weighted by atomic mass is 35.5. The van der Waals surface area contributed by atoms with E-state index in [0.717, 1.165) is 17.7 Å². The summed E-state index contributed by atoms with van der Waals surface area (Å²) in [6.07, 6.45) is 0. The third-order valence-electron chi connectivity index (χ3n) is 4.35. The van der Waals surface area contributed by atoms with Gasteiger partial charge in [-0.2, -0.15) is 0 Å². The SMILES string of the molecule is Cc1cccc(C(Cl)(C(=O)c2ccccc2)c2c(Cl)cc([N+](=O)[O-])cc2Cl)c1. The van der Waals surface area contributed by atoms with Crippen LogP contribution < -0.4 is 0 Å². The lowest BCUT2D eigenvalue weighted by Gasteiger charge is -2.29. The van der Waals surface area contributed by atoms with Gasteiger partial charge in [0.25, 0.3) is 5.69 Å². The van der Waals surface area contributed by atoms with E-state index in [9.17, 15) is 14.9 Å². The minimum atomic E-state index is -1.75. The Balaban J connectivity index is 2.32. The van der Waals surface area contributed by atoms with E-state index in [1.165, 1.54) is 0 Å². The lowest BCUT2D eigenvalue weighted by atomic mass is 9.83. The molecule has 28 heavy (non-hydrogen) atoms. The molecule has 0 aromatic heterocycles. The fraction of sp³-hybridized carbons (Fsp3) is 0.0952. The first-order valence-corrected chi connectivity index (χ1v) is 9.38. The maximum absolute atomic E-state index is 13.5. The molecule has 0 heterocycles. The molecule has 3 rings (SSSR count). The number of rotatable bonds is 5. The Bertz CT molecular complexity index is 1050. The van der Waals surface area contributed by atoms with Gasteiger partial charge >= 0.3 is 0 Å². The van der Waals surface area contributed by atoms with Crippen LogP contribution in [0.4, 0.5) is 5.69 Å². The van der Waals surface area contributed by atoms with Crippen LogP contribution in [0.1, 0.15) is 27.0 Å². The van der Waals surface area contributed by atoms with Gasteiger partial charge in [0.15, 0.2) is 10.7 Å². The largest absolute Gasteiger partial charge is 0.291 e. The standard InChI is InChI=1S/C21H14Cl3NO3/c1-13-6-5-9-15(10-13)21(24,20(26)14-7-3-2-4-8-14)19-17(22)11-16(25(27)28)12-18(19)23/h2-12H,1H3. The van der Waals surface area contributed by atoms with Crippen LogP contribution in [-0.4, -0.2) is 10.7 Å². The highest BCUT2D eigenvalue weighted by Gasteiger charge is 2.44. The number of carbonyl (C=O) groups excluding carboxylic acids is 1. The van der Waals surface area contributed by atoms with Crippen molar-refractivity contribution in [3.63, 3.8) is 0 Å². The number of non-ortho nitro benzene ring substituents is 1. The van der Waals surface area contributed by atoms with Crippen molar-refractivity contribution in [2.45, 2.75) is 11.8 Å². The number of nitro benzene ring substituents is 1. The molecule has 4 nitrogen and oxygen atoms in total. The third-order valence-corrected chi connectivity index (χ3v) is 5.52. The van der Waals surface area contributed by atoms with E-state index in [2.05, 4.69) is 0 Å². The zero-order valence-electron chi connectivity index (χ0n) is 14.7. The number of aryl methyl sites for hydroxylation is 1. The Kier molecular flexibility index (Phi) is 5.75. The smallest absolute Gasteiger partial charge is 0.272 e. The number of carbonyl (C=O) groups is 1. The highest BCUT2D eigenvalue weighted by Crippen LogP contribution is 2.47. The zero-order chi connectivity index (χ0) is 20.5. The molecule has 0 bridgehead atoms. The number of alkyl halides is 1. The van der Waals surface area contributed by atoms with E-state index in [4.69, 9.17) is 34.8 Å². The summed E-state index contributed by atoms with van der Waals surface area (Å²) in [5.41, 5.74) is 1.56. The summed E-state index contributed by atoms with van der Waals surface area (Å²) in [6, 6.07) is 17.9. The first-order valence-electron chi connectivity index (χ1n) is 8.25. The lowest BCUT2D eigenvalue weighted by Crippen LogP contribution is -2.32. The monoisotopic (exact) mass is 433 g/mol. The van der Waals surface area contributed by atoms with Crippen LogP contribution in [0.15, 0.2) is 66.7 Å². The van der Waals surface area contributed by atoms with E-state index in [0.29, 0.717) is 11.1 Å². The molecule has 0 N–H and O–H groups in total. The number of hydrogen-bond acceptors (Lipinski definition) is 3. The molecule has 0 aliphatic rings. The molecular formula is C21H14Cl3NO3. The minimum absolute atomic E-state index is 0.0556. The van der Waals surface area contributed by atoms with Crippen molar-refractivity contribution in [1.82, 2.24) is 0 Å². The Morgan fingerprint density at radius 2 is 1.57 bits per heavy atom. The molecule has 0 saturated heterocycles. The topological polar surface area (TPSA) is 60.2 Å². The molecule has 7 heteroatoms. The average molecular weight is 435 g/mol. The lowest BCUT2D eigenvalue weighted by molar-refractivity contribution is -0.384. The second kappa shape index (κ2) is 7.92. The third kappa shape index (κ3) is 3.63. The number of benzene rings is 3. The normalized spacial score (nSPS) is 13.0. The fourth-order valence-electron chi connectivity index (χ4n) is 3.03. The number of ketones is 1. The molecule has 0 fully saturated rings. The van der Waals surface area contributed by atoms with Gasteiger partial charge in [0.1, 0.15) is 0 Å². The van der Waals surface area contributed by atoms with Gasteiger partial charge in [0.05, 0.1) is 15.0 Å². The Morgan fingerprint density at radius 3 is 2.11 bits per heavy atom. The first kappa shape index (κ1) is 20.3. The van der Waals surface area contributed by atoms with Gasteiger partial charge in [0, 0.05) is 23.3 Å². The minimum Gasteiger partial charge on any atom is -0.291 e. The van der Waals surface area contributed by atoms with Crippen LogP contribution in [0, 0.1) is 17.0 Å². The summed E-state index contributed by atoms with van der Waals surface area (Å²) in [4.78, 5) is 22.3. The molecule has 0 aliphatic carbocycles. The molecule has 1 unspecified atom stereocenters. The predicted octanol–water partition coefficient (Wildman–Crippen LogP) is 6.58. The Labute approximate surface area is 176 Å². The molecule has 142 valence electrons. The molecule has 0 radical (unpaired) electrons. The van der Waals surface area contributed by atoms with Gasteiger partial charge in [0.2, 0.25) is 0 Å². The highest BCUT2D eigenvalue weighted by molar-refractivity contribution is 6.45. The molecule has 3 aromatic rings. The van der Waals surface area contributed by atoms with Gasteiger partial charge in [-0.25, -0.2) is 0 Å². The molecule has 0 amide bonds. The average Bonchev–Trinajstić information content (AvgIpc) is 2.67. The predicted molar refractivity (Wildman–Crippen MR) is 112 cm³/mol. The Hall–Kier alpha value is -2.40. The van der Waals surface area contributed by atoms with Crippen LogP contribution in [-0.2, 0) is 4.87 Å². The van der Waals surface area contributed by atoms with Crippen LogP contribution in [0.5, 0.6) is 0 Å².